The molecule has 0 spiro atoms. The van der Waals surface area contributed by atoms with Gasteiger partial charge in [0, 0.05) is 0 Å². The topological polar surface area (TPSA) is 0 Å². The van der Waals surface area contributed by atoms with E-state index >= 15 is 0 Å². The van der Waals surface area contributed by atoms with Gasteiger partial charge in [-0.3, -0.25) is 0 Å². The third-order valence-corrected chi connectivity index (χ3v) is 11.9. The van der Waals surface area contributed by atoms with Gasteiger partial charge in [0.1, 0.15) is 0 Å². The summed E-state index contributed by atoms with van der Waals surface area (Å²) in [5.74, 6) is 0. The van der Waals surface area contributed by atoms with Gasteiger partial charge in [-0.25, -0.2) is 0 Å². The Morgan fingerprint density at radius 2 is 0.446 bits per heavy atom. The first-order valence-corrected chi connectivity index (χ1v) is 27.2. The van der Waals surface area contributed by atoms with Crippen molar-refractivity contribution < 1.29 is 73.3 Å². The summed E-state index contributed by atoms with van der Waals surface area (Å²) in [6.07, 6.45) is 0. The molecule has 0 saturated heterocycles. The number of fused-ring (bicyclic) bond motifs is 4. The molecule has 0 fully saturated rings. The monoisotopic (exact) mass is 1150 g/mol. The van der Waals surface area contributed by atoms with E-state index in [1.54, 1.807) is 48.5 Å². The van der Waals surface area contributed by atoms with Crippen LogP contribution in [0.1, 0.15) is 49.9 Å². The summed E-state index contributed by atoms with van der Waals surface area (Å²) in [6, 6.07) is 86.2. The van der Waals surface area contributed by atoms with Crippen molar-refractivity contribution >= 4 is 49.5 Å². The zero-order chi connectivity index (χ0) is 51.0. The Kier molecular flexibility index (Phi) is 23.5. The smallest absolute Gasteiger partial charge is 0.0279 e. The van der Waals surface area contributed by atoms with Crippen LogP contribution in [-0.2, 0) is 48.5 Å². The molecule has 0 aliphatic heterocycles. The molecule has 0 aromatic heterocycles. The fourth-order valence-corrected chi connectivity index (χ4v) is 9.02. The van der Waals surface area contributed by atoms with E-state index in [2.05, 4.69) is 298 Å². The average Bonchev–Trinajstić information content (AvgIpc) is 4.18. The average molecular weight is 1160 g/mol. The van der Waals surface area contributed by atoms with Crippen molar-refractivity contribution in [3.05, 3.63) is 265 Å². The Bertz CT molecular complexity index is 3140. The fraction of sp³-hybridized carbons (Fsp3) is 0.114. The molecule has 12 aromatic carbocycles. The minimum atomic E-state index is 0. The van der Waals surface area contributed by atoms with Crippen molar-refractivity contribution in [2.45, 2.75) is 55.4 Å². The second kappa shape index (κ2) is 29.4. The number of benzene rings is 8. The van der Waals surface area contributed by atoms with E-state index in [1.165, 1.54) is 116 Å². The number of hydrogen-bond acceptors (Lipinski definition) is 0. The van der Waals surface area contributed by atoms with Crippen LogP contribution < -0.4 is 24.8 Å². The van der Waals surface area contributed by atoms with Crippen LogP contribution in [0.4, 0.5) is 0 Å². The maximum atomic E-state index is 2.26. The van der Waals surface area contributed by atoms with Gasteiger partial charge in [0.15, 0.2) is 0 Å². The molecule has 0 radical (unpaired) electrons. The first-order chi connectivity index (χ1) is 34.8. The second-order valence-corrected chi connectivity index (χ2v) is 23.7. The van der Waals surface area contributed by atoms with E-state index < -0.39 is 0 Å². The van der Waals surface area contributed by atoms with Gasteiger partial charge in [-0.2, -0.15) is 24.3 Å². The van der Waals surface area contributed by atoms with Crippen molar-refractivity contribution in [2.75, 3.05) is 0 Å². The van der Waals surface area contributed by atoms with Crippen LogP contribution in [-0.4, -0.2) is 6.41 Å². The molecule has 0 heterocycles. The molecule has 368 valence electrons. The van der Waals surface area contributed by atoms with Crippen molar-refractivity contribution in [1.82, 2.24) is 0 Å². The second-order valence-electron chi connectivity index (χ2n) is 18.8. The van der Waals surface area contributed by atoms with Crippen LogP contribution in [0.5, 0.6) is 0 Å². The minimum Gasteiger partial charge on any atom is -1.00 e. The molecule has 12 aromatic rings. The third-order valence-electron chi connectivity index (χ3n) is 11.9. The zero-order valence-electron chi connectivity index (χ0n) is 43.8. The maximum absolute atomic E-state index is 2.26. The van der Waals surface area contributed by atoms with E-state index in [0.717, 1.165) is 0 Å². The number of rotatable bonds is 4. The summed E-state index contributed by atoms with van der Waals surface area (Å²) >= 11 is 3.11. The molecule has 0 N–H and O–H groups in total. The number of aryl methyl sites for hydroxylation is 4. The molecule has 0 aliphatic rings. The Morgan fingerprint density at radius 3 is 0.622 bits per heavy atom. The summed E-state index contributed by atoms with van der Waals surface area (Å²) in [5, 5.41) is 10.7. The van der Waals surface area contributed by atoms with E-state index in [1.807, 2.05) is 0 Å². The van der Waals surface area contributed by atoms with Crippen LogP contribution in [0.2, 0.25) is 0 Å². The molecule has 0 saturated carbocycles. The van der Waals surface area contributed by atoms with Crippen LogP contribution in [0.15, 0.2) is 243 Å². The molecule has 0 atom stereocenters. The maximum Gasteiger partial charge on any atom is -0.0279 e. The van der Waals surface area contributed by atoms with Gasteiger partial charge in [-0.15, -0.1) is 138 Å². The van der Waals surface area contributed by atoms with Crippen LogP contribution in [0.25, 0.3) is 87.6 Å². The molecule has 4 heteroatoms. The Hall–Kier alpha value is -5.71. The summed E-state index contributed by atoms with van der Waals surface area (Å²) < 4.78 is 3.01. The van der Waals surface area contributed by atoms with E-state index in [0.29, 0.717) is 0 Å². The van der Waals surface area contributed by atoms with Crippen LogP contribution >= 0.6 is 0 Å². The van der Waals surface area contributed by atoms with Gasteiger partial charge in [0.05, 0.1) is 0 Å². The quantitative estimate of drug-likeness (QED) is 0.154. The molecular weight excluding hydrogens is 1090 g/mol. The predicted octanol–water partition coefficient (Wildman–Crippen LogP) is 13.6. The normalized spacial score (nSPS) is 10.1. The zero-order valence-corrected chi connectivity index (χ0v) is 50.3. The van der Waals surface area contributed by atoms with Gasteiger partial charge >= 0.3 is 82.6 Å². The summed E-state index contributed by atoms with van der Waals surface area (Å²) in [5.41, 5.74) is 15.8. The van der Waals surface area contributed by atoms with Crippen molar-refractivity contribution in [2.24, 2.45) is 0 Å². The molecular formula is C70H64Cl2Zr2-2. The van der Waals surface area contributed by atoms with Crippen molar-refractivity contribution in [1.29, 1.82) is 0 Å². The van der Waals surface area contributed by atoms with E-state index in [9.17, 15) is 0 Å². The first kappa shape index (κ1) is 59.2. The van der Waals surface area contributed by atoms with Gasteiger partial charge < -0.3 is 24.8 Å². The fourth-order valence-electron chi connectivity index (χ4n) is 9.02. The Balaban J connectivity index is 0.000000173. The molecule has 0 aliphatic carbocycles. The summed E-state index contributed by atoms with van der Waals surface area (Å²) in [6.45, 7) is 17.1. The van der Waals surface area contributed by atoms with Crippen LogP contribution in [0.3, 0.4) is 0 Å². The Morgan fingerprint density at radius 1 is 0.270 bits per heavy atom. The molecule has 12 rings (SSSR count). The molecule has 0 bridgehead atoms. The largest absolute Gasteiger partial charge is 1.00 e. The molecule has 0 unspecified atom stereocenters. The van der Waals surface area contributed by atoms with Gasteiger partial charge in [-0.05, 0) is 22.3 Å². The SMILES string of the molecule is C[C](C)=[Zr+2].C[C](C)=[Zr+2].Cc1cc2c(-c3ccccc3)cccc2[cH-]1.Cc1cc2c(-c3ccccc3)cccc2[cH-]1.Cc1cc2c(-c3ccccc3)cccc2[cH-]1.Cc1cc2c(-c3ccccc3)cccc2[cH-]1.[Cl-].[Cl-]. The summed E-state index contributed by atoms with van der Waals surface area (Å²) in [4.78, 5) is 0. The number of hydrogen-bond donors (Lipinski definition) is 0. The molecule has 0 nitrogen and oxygen atoms in total. The third kappa shape index (κ3) is 16.6. The number of halogens is 2. The first-order valence-electron chi connectivity index (χ1n) is 24.7. The van der Waals surface area contributed by atoms with Gasteiger partial charge in [-0.1, -0.05) is 196 Å². The van der Waals surface area contributed by atoms with Crippen molar-refractivity contribution in [3.63, 3.8) is 0 Å². The summed E-state index contributed by atoms with van der Waals surface area (Å²) in [7, 11) is 0. The van der Waals surface area contributed by atoms with Crippen LogP contribution in [0, 0.1) is 27.7 Å². The van der Waals surface area contributed by atoms with E-state index in [4.69, 9.17) is 0 Å². The predicted molar refractivity (Wildman–Crippen MR) is 312 cm³/mol. The van der Waals surface area contributed by atoms with Gasteiger partial charge in [0.2, 0.25) is 0 Å². The Labute approximate surface area is 483 Å². The molecule has 0 amide bonds. The molecule has 74 heavy (non-hydrogen) atoms. The minimum absolute atomic E-state index is 0. The van der Waals surface area contributed by atoms with E-state index in [-0.39, 0.29) is 24.8 Å². The van der Waals surface area contributed by atoms with Crippen molar-refractivity contribution in [3.8, 4) is 44.5 Å². The standard InChI is InChI=1S/4C16H13.2C3H6.2ClH.2Zr/c4*1-12-10-14-8-5-9-15(16(14)11-12)13-6-3-2-4-7-13;2*1-3-2;;;;/h4*2-11H,1H3;2*1-2H3;2*1H;;/q4*-1;;;;;2*+2/p-2. The van der Waals surface area contributed by atoms with Gasteiger partial charge in [0.25, 0.3) is 0 Å².